The Morgan fingerprint density at radius 3 is 2.65 bits per heavy atom. The maximum absolute atomic E-state index is 12.3. The Labute approximate surface area is 130 Å². The second-order valence-electron chi connectivity index (χ2n) is 4.62. The molecule has 0 amide bonds. The van der Waals surface area contributed by atoms with E-state index >= 15 is 0 Å². The third-order valence-corrected chi connectivity index (χ3v) is 2.83. The van der Waals surface area contributed by atoms with Crippen LogP contribution >= 0.6 is 0 Å². The summed E-state index contributed by atoms with van der Waals surface area (Å²) in [5.41, 5.74) is 6.45. The van der Waals surface area contributed by atoms with Crippen molar-refractivity contribution in [2.24, 2.45) is 10.7 Å². The van der Waals surface area contributed by atoms with Gasteiger partial charge in [0.2, 0.25) is 5.89 Å². The van der Waals surface area contributed by atoms with Crippen LogP contribution in [0, 0.1) is 13.8 Å². The average Bonchev–Trinajstić information content (AvgIpc) is 2.76. The molecule has 0 atom stereocenters. The van der Waals surface area contributed by atoms with Gasteiger partial charge in [-0.2, -0.15) is 0 Å². The van der Waals surface area contributed by atoms with Gasteiger partial charge in [0.25, 0.3) is 0 Å². The van der Waals surface area contributed by atoms with Crippen LogP contribution in [-0.2, 0) is 6.54 Å². The van der Waals surface area contributed by atoms with Gasteiger partial charge in [0.1, 0.15) is 12.3 Å². The molecule has 124 valence electrons. The van der Waals surface area contributed by atoms with E-state index in [0.717, 1.165) is 5.69 Å². The van der Waals surface area contributed by atoms with Crippen molar-refractivity contribution in [1.29, 1.82) is 0 Å². The van der Waals surface area contributed by atoms with Crippen LogP contribution in [0.1, 0.15) is 17.3 Å². The third-order valence-electron chi connectivity index (χ3n) is 2.83. The zero-order valence-corrected chi connectivity index (χ0v) is 12.4. The zero-order chi connectivity index (χ0) is 17.0. The van der Waals surface area contributed by atoms with Crippen LogP contribution in [0.5, 0.6) is 5.75 Å². The summed E-state index contributed by atoms with van der Waals surface area (Å²) in [6.07, 6.45) is -4.79. The number of nitrogens with one attached hydrogen (secondary N) is 1. The van der Waals surface area contributed by atoms with Crippen LogP contribution in [0.3, 0.4) is 0 Å². The molecular weight excluding hydrogens is 313 g/mol. The van der Waals surface area contributed by atoms with Crippen molar-refractivity contribution in [3.05, 3.63) is 41.6 Å². The number of ether oxygens (including phenoxy) is 1. The van der Waals surface area contributed by atoms with Crippen LogP contribution in [0.15, 0.2) is 33.7 Å². The van der Waals surface area contributed by atoms with E-state index in [1.54, 1.807) is 19.9 Å². The molecule has 0 aliphatic carbocycles. The Kier molecular flexibility index (Phi) is 4.77. The average molecular weight is 328 g/mol. The van der Waals surface area contributed by atoms with Crippen molar-refractivity contribution in [3.63, 3.8) is 0 Å². The highest BCUT2D eigenvalue weighted by molar-refractivity contribution is 5.93. The van der Waals surface area contributed by atoms with Gasteiger partial charge in [-0.1, -0.05) is 12.1 Å². The van der Waals surface area contributed by atoms with Crippen molar-refractivity contribution < 1.29 is 22.3 Å². The number of aromatic nitrogens is 1. The second-order valence-corrected chi connectivity index (χ2v) is 4.62. The molecule has 0 bridgehead atoms. The number of alkyl halides is 3. The fourth-order valence-electron chi connectivity index (χ4n) is 1.72. The topological polar surface area (TPSA) is 85.7 Å². The first kappa shape index (κ1) is 16.7. The summed E-state index contributed by atoms with van der Waals surface area (Å²) in [5.74, 6) is 0.549. The zero-order valence-electron chi connectivity index (χ0n) is 12.4. The fourth-order valence-corrected chi connectivity index (χ4v) is 1.72. The number of aryl methyl sites for hydroxylation is 2. The van der Waals surface area contributed by atoms with E-state index in [4.69, 9.17) is 10.2 Å². The first-order valence-electron chi connectivity index (χ1n) is 6.59. The first-order valence-corrected chi connectivity index (χ1v) is 6.59. The highest BCUT2D eigenvalue weighted by Crippen LogP contribution is 2.29. The van der Waals surface area contributed by atoms with Crippen molar-refractivity contribution in [2.45, 2.75) is 26.8 Å². The summed E-state index contributed by atoms with van der Waals surface area (Å²) in [6, 6.07) is 5.52. The molecule has 3 N–H and O–H groups in total. The molecule has 6 nitrogen and oxygen atoms in total. The number of hydrogen-bond acceptors (Lipinski definition) is 4. The van der Waals surface area contributed by atoms with Gasteiger partial charge in [-0.15, -0.1) is 13.2 Å². The van der Waals surface area contributed by atoms with Gasteiger partial charge in [-0.05, 0) is 26.0 Å². The Bertz CT molecular complexity index is 691. The summed E-state index contributed by atoms with van der Waals surface area (Å²) in [7, 11) is 0. The van der Waals surface area contributed by atoms with Gasteiger partial charge >= 0.3 is 6.36 Å². The van der Waals surface area contributed by atoms with Crippen LogP contribution in [0.2, 0.25) is 0 Å². The van der Waals surface area contributed by atoms with Crippen molar-refractivity contribution in [2.75, 3.05) is 5.32 Å². The molecule has 0 fully saturated rings. The number of halogens is 3. The number of rotatable bonds is 4. The maximum atomic E-state index is 12.3. The Balaban J connectivity index is 2.07. The molecule has 1 aromatic carbocycles. The molecule has 0 spiro atoms. The number of nitrogens with two attached hydrogens (primary N) is 1. The molecular formula is C14H15F3N4O2. The summed E-state index contributed by atoms with van der Waals surface area (Å²) in [4.78, 5) is 8.10. The Hall–Kier alpha value is -2.71. The van der Waals surface area contributed by atoms with Gasteiger partial charge in [-0.25, -0.2) is 9.98 Å². The molecule has 2 aromatic rings. The Morgan fingerprint density at radius 1 is 1.35 bits per heavy atom. The molecule has 0 radical (unpaired) electrons. The standard InChI is InChI=1S/C14H15F3N4O2/c1-8-9(2)22-12(20-8)7-19-13(18)21-10-5-3-4-6-11(10)23-14(15,16)17/h3-6H,7H2,1-2H3,(H3,18,19,21). The number of oxazole rings is 1. The number of anilines is 1. The summed E-state index contributed by atoms with van der Waals surface area (Å²) < 4.78 is 46.2. The molecule has 0 saturated heterocycles. The minimum Gasteiger partial charge on any atom is -0.444 e. The van der Waals surface area contributed by atoms with E-state index in [2.05, 4.69) is 20.0 Å². The lowest BCUT2D eigenvalue weighted by molar-refractivity contribution is -0.274. The SMILES string of the molecule is Cc1nc(CN=C(N)Nc2ccccc2OC(F)(F)F)oc1C. The van der Waals surface area contributed by atoms with Gasteiger partial charge in [-0.3, -0.25) is 0 Å². The lowest BCUT2D eigenvalue weighted by Gasteiger charge is -2.13. The maximum Gasteiger partial charge on any atom is 0.573 e. The predicted octanol–water partition coefficient (Wildman–Crippen LogP) is 3.12. The fraction of sp³-hybridized carbons (Fsp3) is 0.286. The van der Waals surface area contributed by atoms with Crippen LogP contribution < -0.4 is 15.8 Å². The minimum absolute atomic E-state index is 0.0471. The van der Waals surface area contributed by atoms with Gasteiger partial charge in [0.05, 0.1) is 11.4 Å². The van der Waals surface area contributed by atoms with Crippen molar-refractivity contribution in [1.82, 2.24) is 4.98 Å². The van der Waals surface area contributed by atoms with E-state index in [0.29, 0.717) is 11.7 Å². The normalized spacial score (nSPS) is 12.3. The van der Waals surface area contributed by atoms with Crippen LogP contribution in [-0.4, -0.2) is 17.3 Å². The molecule has 23 heavy (non-hydrogen) atoms. The summed E-state index contributed by atoms with van der Waals surface area (Å²) in [6.45, 7) is 3.62. The third kappa shape index (κ3) is 4.90. The van der Waals surface area contributed by atoms with E-state index < -0.39 is 12.1 Å². The first-order chi connectivity index (χ1) is 10.7. The van der Waals surface area contributed by atoms with Crippen LogP contribution in [0.25, 0.3) is 0 Å². The predicted molar refractivity (Wildman–Crippen MR) is 78.1 cm³/mol. The van der Waals surface area contributed by atoms with Crippen molar-refractivity contribution >= 4 is 11.6 Å². The number of guanidine groups is 1. The summed E-state index contributed by atoms with van der Waals surface area (Å²) >= 11 is 0. The Morgan fingerprint density at radius 2 is 2.04 bits per heavy atom. The smallest absolute Gasteiger partial charge is 0.444 e. The lowest BCUT2D eigenvalue weighted by atomic mass is 10.3. The molecule has 0 aliphatic heterocycles. The summed E-state index contributed by atoms with van der Waals surface area (Å²) in [5, 5.41) is 2.56. The largest absolute Gasteiger partial charge is 0.573 e. The minimum atomic E-state index is -4.79. The van der Waals surface area contributed by atoms with Crippen LogP contribution in [0.4, 0.5) is 18.9 Å². The molecule has 0 unspecified atom stereocenters. The molecule has 0 saturated carbocycles. The number of aliphatic imine (C=N–C) groups is 1. The monoisotopic (exact) mass is 328 g/mol. The highest BCUT2D eigenvalue weighted by atomic mass is 19.4. The van der Waals surface area contributed by atoms with E-state index in [1.807, 2.05) is 0 Å². The van der Waals surface area contributed by atoms with Gasteiger partial charge < -0.3 is 20.2 Å². The number of hydrogen-bond donors (Lipinski definition) is 2. The van der Waals surface area contributed by atoms with E-state index in [9.17, 15) is 13.2 Å². The van der Waals surface area contributed by atoms with Crippen molar-refractivity contribution in [3.8, 4) is 5.75 Å². The number of para-hydroxylation sites is 2. The van der Waals surface area contributed by atoms with E-state index in [1.165, 1.54) is 18.2 Å². The molecule has 2 rings (SSSR count). The number of benzene rings is 1. The molecule has 0 aliphatic rings. The number of nitrogens with zero attached hydrogens (tertiary/aromatic N) is 2. The molecule has 9 heteroatoms. The lowest BCUT2D eigenvalue weighted by Crippen LogP contribution is -2.24. The quantitative estimate of drug-likeness (QED) is 0.665. The van der Waals surface area contributed by atoms with Gasteiger partial charge in [0, 0.05) is 0 Å². The second kappa shape index (κ2) is 6.59. The highest BCUT2D eigenvalue weighted by Gasteiger charge is 2.32. The molecule has 1 heterocycles. The molecule has 1 aromatic heterocycles. The van der Waals surface area contributed by atoms with Gasteiger partial charge in [0.15, 0.2) is 11.7 Å². The van der Waals surface area contributed by atoms with E-state index in [-0.39, 0.29) is 18.2 Å².